The van der Waals surface area contributed by atoms with Crippen LogP contribution in [-0.2, 0) is 26.9 Å². The standard InChI is InChI=1S/C20H20FN3O3S/c21-17-6-8-18(9-7-17)23-20(25)10-13-28(26,27)15-19-22-11-12-24(19)14-16-4-2-1-3-5-16/h1-9,11-12H,10,13-15H2,(H,23,25). The van der Waals surface area contributed by atoms with Crippen molar-refractivity contribution in [1.82, 2.24) is 9.55 Å². The van der Waals surface area contributed by atoms with Crippen LogP contribution in [0.2, 0.25) is 0 Å². The summed E-state index contributed by atoms with van der Waals surface area (Å²) in [6.45, 7) is 0.525. The zero-order valence-electron chi connectivity index (χ0n) is 15.1. The molecule has 1 amide bonds. The minimum absolute atomic E-state index is 0.181. The zero-order chi connectivity index (χ0) is 20.0. The maximum absolute atomic E-state index is 12.9. The van der Waals surface area contributed by atoms with Crippen molar-refractivity contribution in [2.45, 2.75) is 18.7 Å². The average molecular weight is 401 g/mol. The largest absolute Gasteiger partial charge is 0.330 e. The lowest BCUT2D eigenvalue weighted by Crippen LogP contribution is -2.19. The van der Waals surface area contributed by atoms with Crippen LogP contribution in [0.25, 0.3) is 0 Å². The molecule has 1 aromatic heterocycles. The second-order valence-corrected chi connectivity index (χ2v) is 8.54. The molecular weight excluding hydrogens is 381 g/mol. The SMILES string of the molecule is O=C(CCS(=O)(=O)Cc1nccn1Cc1ccccc1)Nc1ccc(F)cc1. The van der Waals surface area contributed by atoms with Crippen LogP contribution in [0.15, 0.2) is 67.0 Å². The van der Waals surface area contributed by atoms with Gasteiger partial charge in [0.2, 0.25) is 5.91 Å². The van der Waals surface area contributed by atoms with Gasteiger partial charge >= 0.3 is 0 Å². The van der Waals surface area contributed by atoms with Gasteiger partial charge in [0.25, 0.3) is 0 Å². The molecule has 0 saturated carbocycles. The number of anilines is 1. The second-order valence-electron chi connectivity index (χ2n) is 6.35. The minimum Gasteiger partial charge on any atom is -0.330 e. The van der Waals surface area contributed by atoms with Crippen molar-refractivity contribution in [3.63, 3.8) is 0 Å². The number of halogens is 1. The predicted molar refractivity (Wildman–Crippen MR) is 105 cm³/mol. The summed E-state index contributed by atoms with van der Waals surface area (Å²) < 4.78 is 39.5. The van der Waals surface area contributed by atoms with Crippen molar-refractivity contribution in [3.8, 4) is 0 Å². The van der Waals surface area contributed by atoms with Gasteiger partial charge in [-0.05, 0) is 29.8 Å². The van der Waals surface area contributed by atoms with E-state index in [-0.39, 0.29) is 17.9 Å². The van der Waals surface area contributed by atoms with E-state index in [1.165, 1.54) is 24.3 Å². The molecule has 0 saturated heterocycles. The molecule has 146 valence electrons. The van der Waals surface area contributed by atoms with E-state index in [9.17, 15) is 17.6 Å². The Hall–Kier alpha value is -3.00. The molecule has 0 fully saturated rings. The molecule has 8 heteroatoms. The topological polar surface area (TPSA) is 81.1 Å². The third-order valence-electron chi connectivity index (χ3n) is 4.11. The molecule has 0 unspecified atom stereocenters. The fraction of sp³-hybridized carbons (Fsp3) is 0.200. The van der Waals surface area contributed by atoms with E-state index in [1.807, 2.05) is 30.3 Å². The Morgan fingerprint density at radius 2 is 1.79 bits per heavy atom. The Bertz CT molecular complexity index is 1030. The molecule has 1 N–H and O–H groups in total. The van der Waals surface area contributed by atoms with E-state index in [0.717, 1.165) is 5.56 Å². The molecule has 0 aliphatic rings. The molecule has 0 radical (unpaired) electrons. The molecule has 0 atom stereocenters. The number of aromatic nitrogens is 2. The van der Waals surface area contributed by atoms with E-state index >= 15 is 0 Å². The molecule has 28 heavy (non-hydrogen) atoms. The first-order valence-corrected chi connectivity index (χ1v) is 10.5. The van der Waals surface area contributed by atoms with Crippen LogP contribution in [0, 0.1) is 5.82 Å². The van der Waals surface area contributed by atoms with Gasteiger partial charge in [-0.3, -0.25) is 4.79 Å². The average Bonchev–Trinajstić information content (AvgIpc) is 3.09. The Morgan fingerprint density at radius 3 is 2.50 bits per heavy atom. The van der Waals surface area contributed by atoms with Gasteiger partial charge in [0.05, 0.1) is 5.75 Å². The van der Waals surface area contributed by atoms with Crippen LogP contribution in [0.5, 0.6) is 0 Å². The first-order valence-electron chi connectivity index (χ1n) is 8.71. The van der Waals surface area contributed by atoms with Crippen LogP contribution in [0.1, 0.15) is 17.8 Å². The third-order valence-corrected chi connectivity index (χ3v) is 5.64. The highest BCUT2D eigenvalue weighted by molar-refractivity contribution is 7.90. The Labute approximate surface area is 163 Å². The smallest absolute Gasteiger partial charge is 0.225 e. The normalized spacial score (nSPS) is 11.3. The summed E-state index contributed by atoms with van der Waals surface area (Å²) in [6.07, 6.45) is 3.12. The van der Waals surface area contributed by atoms with E-state index in [2.05, 4.69) is 10.3 Å². The second kappa shape index (κ2) is 8.79. The van der Waals surface area contributed by atoms with Crippen molar-refractivity contribution in [1.29, 1.82) is 0 Å². The summed E-state index contributed by atoms with van der Waals surface area (Å²) in [5, 5.41) is 2.55. The molecule has 2 aromatic carbocycles. The molecule has 0 spiro atoms. The molecule has 6 nitrogen and oxygen atoms in total. The van der Waals surface area contributed by atoms with E-state index in [0.29, 0.717) is 18.1 Å². The number of rotatable bonds is 8. The number of carbonyl (C=O) groups is 1. The number of sulfone groups is 1. The summed E-state index contributed by atoms with van der Waals surface area (Å²) in [4.78, 5) is 16.1. The quantitative estimate of drug-likeness (QED) is 0.629. The van der Waals surface area contributed by atoms with Gasteiger partial charge in [-0.15, -0.1) is 0 Å². The van der Waals surface area contributed by atoms with Gasteiger partial charge < -0.3 is 9.88 Å². The van der Waals surface area contributed by atoms with Crippen LogP contribution in [0.3, 0.4) is 0 Å². The van der Waals surface area contributed by atoms with Crippen LogP contribution in [-0.4, -0.2) is 29.6 Å². The summed E-state index contributed by atoms with van der Waals surface area (Å²) in [5.74, 6) is -0.952. The zero-order valence-corrected chi connectivity index (χ0v) is 15.9. The number of hydrogen-bond acceptors (Lipinski definition) is 4. The predicted octanol–water partition coefficient (Wildman–Crippen LogP) is 3.01. The minimum atomic E-state index is -3.52. The maximum Gasteiger partial charge on any atom is 0.225 e. The van der Waals surface area contributed by atoms with E-state index < -0.39 is 21.6 Å². The van der Waals surface area contributed by atoms with Gasteiger partial charge in [-0.2, -0.15) is 0 Å². The Morgan fingerprint density at radius 1 is 1.07 bits per heavy atom. The maximum atomic E-state index is 12.9. The summed E-state index contributed by atoms with van der Waals surface area (Å²) in [5.41, 5.74) is 1.46. The number of amides is 1. The summed E-state index contributed by atoms with van der Waals surface area (Å²) in [6, 6.07) is 14.9. The lowest BCUT2D eigenvalue weighted by atomic mass is 10.2. The highest BCUT2D eigenvalue weighted by atomic mass is 32.2. The highest BCUT2D eigenvalue weighted by Gasteiger charge is 2.18. The number of nitrogens with zero attached hydrogens (tertiary/aromatic N) is 2. The number of imidazole rings is 1. The van der Waals surface area contributed by atoms with Crippen LogP contribution in [0.4, 0.5) is 10.1 Å². The number of nitrogens with one attached hydrogen (secondary N) is 1. The van der Waals surface area contributed by atoms with Crippen molar-refractivity contribution in [2.24, 2.45) is 0 Å². The van der Waals surface area contributed by atoms with Gasteiger partial charge in [-0.25, -0.2) is 17.8 Å². The first kappa shape index (κ1) is 19.8. The lowest BCUT2D eigenvalue weighted by molar-refractivity contribution is -0.115. The van der Waals surface area contributed by atoms with Crippen molar-refractivity contribution >= 4 is 21.4 Å². The number of benzene rings is 2. The Kier molecular flexibility index (Phi) is 6.20. The molecule has 1 heterocycles. The van der Waals surface area contributed by atoms with Crippen molar-refractivity contribution in [2.75, 3.05) is 11.1 Å². The molecule has 3 aromatic rings. The third kappa shape index (κ3) is 5.75. The van der Waals surface area contributed by atoms with Crippen molar-refractivity contribution in [3.05, 3.63) is 84.2 Å². The lowest BCUT2D eigenvalue weighted by Gasteiger charge is -2.09. The van der Waals surface area contributed by atoms with Gasteiger partial charge in [-0.1, -0.05) is 30.3 Å². The molecule has 0 aliphatic carbocycles. The Balaban J connectivity index is 1.56. The molecular formula is C20H20FN3O3S. The molecule has 0 bridgehead atoms. The number of hydrogen-bond donors (Lipinski definition) is 1. The summed E-state index contributed by atoms with van der Waals surface area (Å²) >= 11 is 0. The van der Waals surface area contributed by atoms with Crippen LogP contribution < -0.4 is 5.32 Å². The first-order chi connectivity index (χ1) is 13.4. The van der Waals surface area contributed by atoms with Crippen LogP contribution >= 0.6 is 0 Å². The molecule has 0 aliphatic heterocycles. The van der Waals surface area contributed by atoms with Gasteiger partial charge in [0.15, 0.2) is 9.84 Å². The number of carbonyl (C=O) groups excluding carboxylic acids is 1. The van der Waals surface area contributed by atoms with Crippen molar-refractivity contribution < 1.29 is 17.6 Å². The highest BCUT2D eigenvalue weighted by Crippen LogP contribution is 2.12. The van der Waals surface area contributed by atoms with Gasteiger partial charge in [0.1, 0.15) is 17.4 Å². The monoisotopic (exact) mass is 401 g/mol. The van der Waals surface area contributed by atoms with Gasteiger partial charge in [0, 0.05) is 31.0 Å². The fourth-order valence-electron chi connectivity index (χ4n) is 2.68. The van der Waals surface area contributed by atoms with E-state index in [1.54, 1.807) is 17.0 Å². The summed E-state index contributed by atoms with van der Waals surface area (Å²) in [7, 11) is -3.52. The molecule has 3 rings (SSSR count). The fourth-order valence-corrected chi connectivity index (χ4v) is 3.95. The van der Waals surface area contributed by atoms with E-state index in [4.69, 9.17) is 0 Å².